The fourth-order valence-corrected chi connectivity index (χ4v) is 1.72. The largest absolute Gasteiger partial charge is 0.384 e. The molecular weight excluding hydrogens is 224 g/mol. The van der Waals surface area contributed by atoms with Crippen molar-refractivity contribution in [1.29, 1.82) is 0 Å². The number of unbranched alkanes of at least 4 members (excludes halogenated alkanes) is 1. The number of anilines is 3. The maximum atomic E-state index is 5.60. The first kappa shape index (κ1) is 12.4. The molecule has 18 heavy (non-hydrogen) atoms. The van der Waals surface area contributed by atoms with E-state index in [1.807, 2.05) is 0 Å². The highest BCUT2D eigenvalue weighted by Gasteiger charge is 1.98. The average molecular weight is 242 g/mol. The number of aryl methyl sites for hydroxylation is 1. The van der Waals surface area contributed by atoms with Gasteiger partial charge in [-0.1, -0.05) is 25.5 Å². The fourth-order valence-electron chi connectivity index (χ4n) is 1.72. The third kappa shape index (κ3) is 3.45. The zero-order chi connectivity index (χ0) is 12.8. The van der Waals surface area contributed by atoms with Crippen LogP contribution in [0, 0.1) is 0 Å². The lowest BCUT2D eigenvalue weighted by Crippen LogP contribution is -1.97. The summed E-state index contributed by atoms with van der Waals surface area (Å²) < 4.78 is 0. The van der Waals surface area contributed by atoms with Crippen LogP contribution < -0.4 is 11.1 Å². The Morgan fingerprint density at radius 3 is 2.61 bits per heavy atom. The Morgan fingerprint density at radius 1 is 1.17 bits per heavy atom. The van der Waals surface area contributed by atoms with Gasteiger partial charge in [-0.25, -0.2) is 9.97 Å². The van der Waals surface area contributed by atoms with Crippen molar-refractivity contribution < 1.29 is 0 Å². The van der Waals surface area contributed by atoms with Crippen molar-refractivity contribution in [2.24, 2.45) is 0 Å². The first-order valence-corrected chi connectivity index (χ1v) is 6.21. The highest BCUT2D eigenvalue weighted by atomic mass is 15.0. The van der Waals surface area contributed by atoms with E-state index < -0.39 is 0 Å². The van der Waals surface area contributed by atoms with Gasteiger partial charge < -0.3 is 11.1 Å². The van der Waals surface area contributed by atoms with E-state index >= 15 is 0 Å². The Hall–Kier alpha value is -2.10. The molecule has 0 amide bonds. The molecule has 0 spiro atoms. The van der Waals surface area contributed by atoms with E-state index in [0.29, 0.717) is 11.6 Å². The van der Waals surface area contributed by atoms with Crippen molar-refractivity contribution >= 4 is 17.3 Å². The molecule has 2 rings (SSSR count). The van der Waals surface area contributed by atoms with Crippen molar-refractivity contribution in [3.63, 3.8) is 0 Å². The maximum absolute atomic E-state index is 5.60. The molecular formula is C14H18N4. The van der Waals surface area contributed by atoms with Crippen molar-refractivity contribution in [2.45, 2.75) is 26.2 Å². The van der Waals surface area contributed by atoms with Crippen molar-refractivity contribution in [3.8, 4) is 0 Å². The van der Waals surface area contributed by atoms with Gasteiger partial charge in [0, 0.05) is 11.8 Å². The standard InChI is InChI=1S/C14H18N4/c1-2-3-4-11-5-7-12(8-6-11)18-14-9-13(15)16-10-17-14/h5-10H,2-4H2,1H3,(H3,15,16,17,18). The molecule has 0 aliphatic carbocycles. The minimum absolute atomic E-state index is 0.465. The van der Waals surface area contributed by atoms with E-state index in [-0.39, 0.29) is 0 Å². The Kier molecular flexibility index (Phi) is 4.12. The topological polar surface area (TPSA) is 63.8 Å². The SMILES string of the molecule is CCCCc1ccc(Nc2cc(N)ncn2)cc1. The molecule has 0 radical (unpaired) electrons. The Morgan fingerprint density at radius 2 is 1.94 bits per heavy atom. The molecule has 94 valence electrons. The lowest BCUT2D eigenvalue weighted by molar-refractivity contribution is 0.795. The van der Waals surface area contributed by atoms with Crippen LogP contribution in [0.1, 0.15) is 25.3 Å². The van der Waals surface area contributed by atoms with Crippen LogP contribution in [-0.4, -0.2) is 9.97 Å². The van der Waals surface area contributed by atoms with Gasteiger partial charge in [-0.15, -0.1) is 0 Å². The summed E-state index contributed by atoms with van der Waals surface area (Å²) in [7, 11) is 0. The number of nitrogens with zero attached hydrogens (tertiary/aromatic N) is 2. The normalized spacial score (nSPS) is 10.3. The quantitative estimate of drug-likeness (QED) is 0.845. The average Bonchev–Trinajstić information content (AvgIpc) is 2.38. The van der Waals surface area contributed by atoms with Crippen LogP contribution in [0.4, 0.5) is 17.3 Å². The molecule has 0 aliphatic heterocycles. The van der Waals surface area contributed by atoms with Gasteiger partial charge >= 0.3 is 0 Å². The molecule has 1 aromatic carbocycles. The number of hydrogen-bond donors (Lipinski definition) is 2. The van der Waals surface area contributed by atoms with Crippen LogP contribution in [0.2, 0.25) is 0 Å². The van der Waals surface area contributed by atoms with Gasteiger partial charge in [0.05, 0.1) is 0 Å². The number of nitrogens with one attached hydrogen (secondary N) is 1. The first-order chi connectivity index (χ1) is 8.78. The van der Waals surface area contributed by atoms with Gasteiger partial charge in [0.2, 0.25) is 0 Å². The van der Waals surface area contributed by atoms with Gasteiger partial charge in [-0.2, -0.15) is 0 Å². The summed E-state index contributed by atoms with van der Waals surface area (Å²) in [6, 6.07) is 10.1. The second kappa shape index (κ2) is 6.00. The lowest BCUT2D eigenvalue weighted by Gasteiger charge is -2.06. The Labute approximate surface area is 107 Å². The predicted molar refractivity (Wildman–Crippen MR) is 74.8 cm³/mol. The molecule has 0 fully saturated rings. The van der Waals surface area contributed by atoms with E-state index in [1.54, 1.807) is 6.07 Å². The number of hydrogen-bond acceptors (Lipinski definition) is 4. The van der Waals surface area contributed by atoms with Gasteiger partial charge in [0.15, 0.2) is 0 Å². The molecule has 0 unspecified atom stereocenters. The summed E-state index contributed by atoms with van der Waals surface area (Å²) in [4.78, 5) is 7.96. The molecule has 1 aromatic heterocycles. The van der Waals surface area contributed by atoms with Crippen molar-refractivity contribution in [2.75, 3.05) is 11.1 Å². The zero-order valence-electron chi connectivity index (χ0n) is 10.6. The summed E-state index contributed by atoms with van der Waals surface area (Å²) in [6.07, 6.45) is 5.04. The highest BCUT2D eigenvalue weighted by Crippen LogP contribution is 2.16. The van der Waals surface area contributed by atoms with Crippen molar-refractivity contribution in [3.05, 3.63) is 42.2 Å². The van der Waals surface area contributed by atoms with E-state index in [2.05, 4.69) is 46.5 Å². The van der Waals surface area contributed by atoms with Crippen molar-refractivity contribution in [1.82, 2.24) is 9.97 Å². The molecule has 0 atom stereocenters. The maximum Gasteiger partial charge on any atom is 0.135 e. The zero-order valence-corrected chi connectivity index (χ0v) is 10.6. The molecule has 3 N–H and O–H groups in total. The number of benzene rings is 1. The minimum Gasteiger partial charge on any atom is -0.384 e. The molecule has 0 saturated heterocycles. The summed E-state index contributed by atoms with van der Waals surface area (Å²) in [5, 5.41) is 3.20. The second-order valence-corrected chi connectivity index (χ2v) is 4.25. The number of nitrogens with two attached hydrogens (primary N) is 1. The lowest BCUT2D eigenvalue weighted by atomic mass is 10.1. The summed E-state index contributed by atoms with van der Waals surface area (Å²) in [5.74, 6) is 1.18. The van der Waals surface area contributed by atoms with E-state index in [9.17, 15) is 0 Å². The molecule has 4 nitrogen and oxygen atoms in total. The number of aromatic nitrogens is 2. The van der Waals surface area contributed by atoms with Crippen LogP contribution >= 0.6 is 0 Å². The Balaban J connectivity index is 2.02. The third-order valence-corrected chi connectivity index (χ3v) is 2.73. The van der Waals surface area contributed by atoms with Gasteiger partial charge in [0.1, 0.15) is 18.0 Å². The van der Waals surface area contributed by atoms with Crippen LogP contribution in [0.3, 0.4) is 0 Å². The number of rotatable bonds is 5. The molecule has 0 aliphatic rings. The van der Waals surface area contributed by atoms with Gasteiger partial charge in [0.25, 0.3) is 0 Å². The molecule has 0 saturated carbocycles. The van der Waals surface area contributed by atoms with Crippen LogP contribution in [0.15, 0.2) is 36.7 Å². The monoisotopic (exact) mass is 242 g/mol. The van der Waals surface area contributed by atoms with Crippen LogP contribution in [0.5, 0.6) is 0 Å². The van der Waals surface area contributed by atoms with Gasteiger partial charge in [-0.3, -0.25) is 0 Å². The number of nitrogen functional groups attached to an aromatic ring is 1. The molecule has 4 heteroatoms. The smallest absolute Gasteiger partial charge is 0.135 e. The van der Waals surface area contributed by atoms with E-state index in [4.69, 9.17) is 5.73 Å². The fraction of sp³-hybridized carbons (Fsp3) is 0.286. The molecule has 2 aromatic rings. The summed E-state index contributed by atoms with van der Waals surface area (Å²) in [5.41, 5.74) is 7.97. The highest BCUT2D eigenvalue weighted by molar-refractivity contribution is 5.58. The van der Waals surface area contributed by atoms with E-state index in [1.165, 1.54) is 24.7 Å². The molecule has 1 heterocycles. The minimum atomic E-state index is 0.465. The van der Waals surface area contributed by atoms with Crippen LogP contribution in [-0.2, 0) is 6.42 Å². The Bertz CT molecular complexity index is 493. The summed E-state index contributed by atoms with van der Waals surface area (Å²) >= 11 is 0. The van der Waals surface area contributed by atoms with Crippen LogP contribution in [0.25, 0.3) is 0 Å². The summed E-state index contributed by atoms with van der Waals surface area (Å²) in [6.45, 7) is 2.20. The van der Waals surface area contributed by atoms with Gasteiger partial charge in [-0.05, 0) is 30.5 Å². The molecule has 0 bridgehead atoms. The first-order valence-electron chi connectivity index (χ1n) is 6.21. The third-order valence-electron chi connectivity index (χ3n) is 2.73. The predicted octanol–water partition coefficient (Wildman–Crippen LogP) is 3.15. The van der Waals surface area contributed by atoms with E-state index in [0.717, 1.165) is 12.1 Å². The second-order valence-electron chi connectivity index (χ2n) is 4.25.